The van der Waals surface area contributed by atoms with Crippen LogP contribution in [0.4, 0.5) is 13.2 Å². The molecule has 0 atom stereocenters. The van der Waals surface area contributed by atoms with Crippen molar-refractivity contribution < 1.29 is 17.9 Å². The first kappa shape index (κ1) is 27.3. The second kappa shape index (κ2) is 13.2. The van der Waals surface area contributed by atoms with Crippen LogP contribution in [0, 0.1) is 11.8 Å². The minimum absolute atomic E-state index is 0.184. The summed E-state index contributed by atoms with van der Waals surface area (Å²) in [7, 11) is -0.379. The van der Waals surface area contributed by atoms with E-state index in [-0.39, 0.29) is 14.5 Å². The van der Waals surface area contributed by atoms with Gasteiger partial charge in [0.25, 0.3) is 0 Å². The Labute approximate surface area is 217 Å². The molecule has 0 aromatic heterocycles. The zero-order valence-corrected chi connectivity index (χ0v) is 23.0. The van der Waals surface area contributed by atoms with Crippen molar-refractivity contribution in [3.05, 3.63) is 54.1 Å². The van der Waals surface area contributed by atoms with Gasteiger partial charge in [-0.05, 0) is 72.3 Å². The van der Waals surface area contributed by atoms with Crippen LogP contribution in [0.3, 0.4) is 0 Å². The number of rotatable bonds is 10. The maximum atomic E-state index is 12.4. The Kier molecular flexibility index (Phi) is 9.98. The predicted molar refractivity (Wildman–Crippen MR) is 146 cm³/mol. The van der Waals surface area contributed by atoms with Gasteiger partial charge in [-0.15, -0.1) is 13.2 Å². The molecule has 0 bridgehead atoms. The molecule has 2 aromatic rings. The standard InChI is InChI=1S/C31H43F3OSi/c1-2-3-4-21-36-22-19-25(20-23-36)6-5-24-7-9-26(10-8-24)27-11-13-28(14-12-27)29-15-17-30(18-16-29)35-31(32,33)34/h11-18,24-26,36H,2-10,19-23H2,1H3/t24?,25-,26?,36-. The highest BCUT2D eigenvalue weighted by atomic mass is 28.3. The SMILES string of the molecule is CCCCC[Si@H]1CC[C@H](CCC2CCC(c3ccc(-c4ccc(OC(F)(F)F)cc4)cc3)CC2)CC1. The third kappa shape index (κ3) is 8.39. The van der Waals surface area contributed by atoms with Gasteiger partial charge >= 0.3 is 6.36 Å². The summed E-state index contributed by atoms with van der Waals surface area (Å²) in [6, 6.07) is 19.6. The number of hydrogen-bond donors (Lipinski definition) is 0. The fraction of sp³-hybridized carbons (Fsp3) is 0.613. The average Bonchev–Trinajstić information content (AvgIpc) is 2.88. The largest absolute Gasteiger partial charge is 0.573 e. The fourth-order valence-electron chi connectivity index (χ4n) is 6.54. The molecule has 2 fully saturated rings. The highest BCUT2D eigenvalue weighted by Crippen LogP contribution is 2.40. The monoisotopic (exact) mass is 516 g/mol. The van der Waals surface area contributed by atoms with Gasteiger partial charge in [0.1, 0.15) is 5.75 Å². The van der Waals surface area contributed by atoms with Gasteiger partial charge in [0.05, 0.1) is 0 Å². The summed E-state index contributed by atoms with van der Waals surface area (Å²) >= 11 is 0. The molecule has 5 heteroatoms. The van der Waals surface area contributed by atoms with Crippen molar-refractivity contribution in [3.8, 4) is 16.9 Å². The Morgan fingerprint density at radius 2 is 1.31 bits per heavy atom. The van der Waals surface area contributed by atoms with Crippen LogP contribution >= 0.6 is 0 Å². The van der Waals surface area contributed by atoms with Gasteiger partial charge < -0.3 is 4.74 Å². The summed E-state index contributed by atoms with van der Waals surface area (Å²) in [5, 5.41) is 0. The maximum absolute atomic E-state index is 12.4. The van der Waals surface area contributed by atoms with E-state index in [2.05, 4.69) is 35.9 Å². The molecule has 198 valence electrons. The van der Waals surface area contributed by atoms with Crippen molar-refractivity contribution in [2.24, 2.45) is 11.8 Å². The van der Waals surface area contributed by atoms with Crippen LogP contribution in [-0.2, 0) is 0 Å². The first-order chi connectivity index (χ1) is 17.4. The molecular formula is C31H43F3OSi. The van der Waals surface area contributed by atoms with Crippen LogP contribution in [0.15, 0.2) is 48.5 Å². The second-order valence-corrected chi connectivity index (χ2v) is 14.8. The molecule has 1 saturated heterocycles. The molecule has 0 unspecified atom stereocenters. The lowest BCUT2D eigenvalue weighted by molar-refractivity contribution is -0.274. The zero-order chi connectivity index (χ0) is 25.4. The lowest BCUT2D eigenvalue weighted by Crippen LogP contribution is -2.22. The molecule has 0 N–H and O–H groups in total. The van der Waals surface area contributed by atoms with Crippen LogP contribution in [0.1, 0.15) is 89.0 Å². The Bertz CT molecular complexity index is 893. The van der Waals surface area contributed by atoms with Crippen LogP contribution in [0.25, 0.3) is 11.1 Å². The lowest BCUT2D eigenvalue weighted by atomic mass is 9.76. The highest BCUT2D eigenvalue weighted by Gasteiger charge is 2.31. The predicted octanol–water partition coefficient (Wildman–Crippen LogP) is 10.1. The number of unbranched alkanes of at least 4 members (excludes halogenated alkanes) is 2. The zero-order valence-electron chi connectivity index (χ0n) is 21.9. The molecule has 0 spiro atoms. The molecule has 2 aliphatic rings. The number of ether oxygens (including phenoxy) is 1. The Morgan fingerprint density at radius 3 is 1.86 bits per heavy atom. The van der Waals surface area contributed by atoms with E-state index in [1.54, 1.807) is 30.3 Å². The van der Waals surface area contributed by atoms with Crippen LogP contribution < -0.4 is 4.74 Å². The minimum atomic E-state index is -4.66. The molecular weight excluding hydrogens is 473 g/mol. The summed E-state index contributed by atoms with van der Waals surface area (Å²) in [6.07, 6.45) is 10.9. The fourth-order valence-corrected chi connectivity index (χ4v) is 10.2. The summed E-state index contributed by atoms with van der Waals surface area (Å²) in [4.78, 5) is 0. The van der Waals surface area contributed by atoms with Crippen molar-refractivity contribution >= 4 is 8.80 Å². The van der Waals surface area contributed by atoms with Crippen molar-refractivity contribution in [3.63, 3.8) is 0 Å². The van der Waals surface area contributed by atoms with E-state index < -0.39 is 6.36 Å². The molecule has 1 aliphatic heterocycles. The summed E-state index contributed by atoms with van der Waals surface area (Å²) in [5.41, 5.74) is 3.33. The summed E-state index contributed by atoms with van der Waals surface area (Å²) < 4.78 is 41.1. The van der Waals surface area contributed by atoms with Gasteiger partial charge in [-0.2, -0.15) is 0 Å². The van der Waals surface area contributed by atoms with Crippen molar-refractivity contribution in [2.75, 3.05) is 0 Å². The molecule has 0 radical (unpaired) electrons. The van der Waals surface area contributed by atoms with Crippen LogP contribution in [0.2, 0.25) is 18.1 Å². The molecule has 1 nitrogen and oxygen atoms in total. The van der Waals surface area contributed by atoms with Gasteiger partial charge in [0.2, 0.25) is 0 Å². The van der Waals surface area contributed by atoms with E-state index >= 15 is 0 Å². The van der Waals surface area contributed by atoms with Crippen LogP contribution in [0.5, 0.6) is 5.75 Å². The molecule has 4 rings (SSSR count). The Balaban J connectivity index is 1.17. The minimum Gasteiger partial charge on any atom is -0.406 e. The van der Waals surface area contributed by atoms with E-state index in [1.165, 1.54) is 88.3 Å². The van der Waals surface area contributed by atoms with Crippen molar-refractivity contribution in [1.29, 1.82) is 0 Å². The van der Waals surface area contributed by atoms with Crippen molar-refractivity contribution in [2.45, 2.75) is 108 Å². The molecule has 0 amide bonds. The van der Waals surface area contributed by atoms with Gasteiger partial charge in [-0.1, -0.05) is 106 Å². The number of hydrogen-bond acceptors (Lipinski definition) is 1. The maximum Gasteiger partial charge on any atom is 0.573 e. The topological polar surface area (TPSA) is 9.23 Å². The smallest absolute Gasteiger partial charge is 0.406 e. The molecule has 1 heterocycles. The molecule has 1 aliphatic carbocycles. The van der Waals surface area contributed by atoms with E-state index in [1.807, 2.05) is 0 Å². The van der Waals surface area contributed by atoms with Crippen molar-refractivity contribution in [1.82, 2.24) is 0 Å². The average molecular weight is 517 g/mol. The number of halogens is 3. The van der Waals surface area contributed by atoms with E-state index in [0.717, 1.165) is 23.0 Å². The first-order valence-corrected chi connectivity index (χ1v) is 16.8. The second-order valence-electron chi connectivity index (χ2n) is 11.4. The Hall–Kier alpha value is -1.75. The Morgan fingerprint density at radius 1 is 0.750 bits per heavy atom. The molecule has 1 saturated carbocycles. The van der Waals surface area contributed by atoms with E-state index in [4.69, 9.17) is 0 Å². The highest BCUT2D eigenvalue weighted by molar-refractivity contribution is 6.58. The summed E-state index contributed by atoms with van der Waals surface area (Å²) in [5.74, 6) is 2.38. The van der Waals surface area contributed by atoms with E-state index in [0.29, 0.717) is 5.92 Å². The number of benzene rings is 2. The van der Waals surface area contributed by atoms with Gasteiger partial charge in [0, 0.05) is 8.80 Å². The van der Waals surface area contributed by atoms with E-state index in [9.17, 15) is 13.2 Å². The van der Waals surface area contributed by atoms with Crippen LogP contribution in [-0.4, -0.2) is 15.2 Å². The first-order valence-electron chi connectivity index (χ1n) is 14.4. The van der Waals surface area contributed by atoms with Gasteiger partial charge in [-0.25, -0.2) is 0 Å². The summed E-state index contributed by atoms with van der Waals surface area (Å²) in [6.45, 7) is 2.31. The lowest BCUT2D eigenvalue weighted by Gasteiger charge is -2.32. The third-order valence-electron chi connectivity index (χ3n) is 8.82. The van der Waals surface area contributed by atoms with Gasteiger partial charge in [0.15, 0.2) is 0 Å². The quantitative estimate of drug-likeness (QED) is 0.225. The third-order valence-corrected chi connectivity index (χ3v) is 12.3. The molecule has 2 aromatic carbocycles. The van der Waals surface area contributed by atoms with Gasteiger partial charge in [-0.3, -0.25) is 0 Å². The molecule has 36 heavy (non-hydrogen) atoms. The normalized spacial score (nSPS) is 25.0. The number of alkyl halides is 3.